The van der Waals surface area contributed by atoms with Crippen molar-refractivity contribution >= 4 is 105 Å². The molecule has 3 N–H and O–H groups in total. The SMILES string of the molecule is NC(=O)N1CCC(CC(=O)N2CCC([C@H]3c4ncc(Br)cc4CCc4cc(Cl)cc(Br)c43)CC2)CC1.O=C(CC1CCNCC1)N1CCC([C@H]2c3ncc(Br)cc3CCc3cc(Cl)cc(Br)c32)CC1. The highest BCUT2D eigenvalue weighted by atomic mass is 79.9. The summed E-state index contributed by atoms with van der Waals surface area (Å²) in [5.41, 5.74) is 15.6. The molecule has 2 atom stereocenters. The Morgan fingerprint density at radius 2 is 0.942 bits per heavy atom. The summed E-state index contributed by atoms with van der Waals surface area (Å²) in [5, 5.41) is 4.92. The third-order valence-electron chi connectivity index (χ3n) is 15.9. The minimum Gasteiger partial charge on any atom is -0.351 e. The molecule has 10 rings (SSSR count). The third kappa shape index (κ3) is 12.1. The number of fused-ring (bicyclic) bond motifs is 4. The van der Waals surface area contributed by atoms with Gasteiger partial charge in [0.2, 0.25) is 11.8 Å². The lowest BCUT2D eigenvalue weighted by atomic mass is 9.76. The van der Waals surface area contributed by atoms with E-state index in [0.29, 0.717) is 55.5 Å². The monoisotopic (exact) mass is 1230 g/mol. The zero-order valence-corrected chi connectivity index (χ0v) is 46.8. The van der Waals surface area contributed by atoms with E-state index in [0.717, 1.165) is 150 Å². The van der Waals surface area contributed by atoms with E-state index >= 15 is 0 Å². The molecule has 4 saturated heterocycles. The highest BCUT2D eigenvalue weighted by molar-refractivity contribution is 9.11. The van der Waals surface area contributed by atoms with Crippen molar-refractivity contribution < 1.29 is 14.4 Å². The molecule has 2 aromatic carbocycles. The fraction of sp³-hybridized carbons (Fsp3) is 0.528. The molecule has 4 fully saturated rings. The number of piperidine rings is 4. The van der Waals surface area contributed by atoms with Gasteiger partial charge >= 0.3 is 6.03 Å². The lowest BCUT2D eigenvalue weighted by Gasteiger charge is -2.38. The van der Waals surface area contributed by atoms with Crippen LogP contribution >= 0.6 is 86.9 Å². The Bertz CT molecular complexity index is 2540. The maximum atomic E-state index is 13.1. The topological polar surface area (TPSA) is 125 Å². The maximum absolute atomic E-state index is 13.1. The third-order valence-corrected chi connectivity index (χ3v) is 18.5. The molecule has 6 aliphatic rings. The average molecular weight is 1230 g/mol. The van der Waals surface area contributed by atoms with Gasteiger partial charge in [0.1, 0.15) is 0 Å². The number of aromatic nitrogens is 2. The molecule has 69 heavy (non-hydrogen) atoms. The molecular formula is C53H61Br4Cl2N7O3. The maximum Gasteiger partial charge on any atom is 0.314 e. The summed E-state index contributed by atoms with van der Waals surface area (Å²) >= 11 is 27.8. The van der Waals surface area contributed by atoms with Crippen molar-refractivity contribution in [2.24, 2.45) is 29.4 Å². The number of hydrogen-bond donors (Lipinski definition) is 2. The second kappa shape index (κ2) is 23.1. The van der Waals surface area contributed by atoms with Crippen molar-refractivity contribution in [1.82, 2.24) is 30.0 Å². The van der Waals surface area contributed by atoms with Crippen LogP contribution in [0, 0.1) is 23.7 Å². The first-order chi connectivity index (χ1) is 33.3. The van der Waals surface area contributed by atoms with Gasteiger partial charge in [0.25, 0.3) is 0 Å². The van der Waals surface area contributed by atoms with Gasteiger partial charge in [0.05, 0.1) is 11.4 Å². The van der Waals surface area contributed by atoms with E-state index in [-0.39, 0.29) is 23.8 Å². The predicted molar refractivity (Wildman–Crippen MR) is 288 cm³/mol. The molecule has 0 saturated carbocycles. The number of aryl methyl sites for hydroxylation is 4. The number of pyridine rings is 2. The lowest BCUT2D eigenvalue weighted by Crippen LogP contribution is -2.44. The summed E-state index contributed by atoms with van der Waals surface area (Å²) in [7, 11) is 0. The second-order valence-electron chi connectivity index (χ2n) is 20.1. The molecule has 0 bridgehead atoms. The van der Waals surface area contributed by atoms with Crippen LogP contribution in [0.2, 0.25) is 10.0 Å². The number of hydrogen-bond acceptors (Lipinski definition) is 6. The molecule has 4 amide bonds. The molecular weight excluding hydrogens is 1170 g/mol. The van der Waals surface area contributed by atoms with Crippen LogP contribution < -0.4 is 11.1 Å². The molecule has 0 spiro atoms. The van der Waals surface area contributed by atoms with Crippen LogP contribution in [0.4, 0.5) is 4.79 Å². The lowest BCUT2D eigenvalue weighted by molar-refractivity contribution is -0.134. The van der Waals surface area contributed by atoms with Crippen molar-refractivity contribution in [3.05, 3.63) is 121 Å². The first-order valence-electron chi connectivity index (χ1n) is 24.8. The van der Waals surface area contributed by atoms with Gasteiger partial charge < -0.3 is 25.8 Å². The number of likely N-dealkylation sites (tertiary alicyclic amines) is 3. The molecule has 368 valence electrons. The van der Waals surface area contributed by atoms with Gasteiger partial charge in [-0.05, 0) is 215 Å². The summed E-state index contributed by atoms with van der Waals surface area (Å²) in [6.45, 7) is 6.62. The quantitative estimate of drug-likeness (QED) is 0.198. The summed E-state index contributed by atoms with van der Waals surface area (Å²) in [6.07, 6.45) is 16.7. The number of benzene rings is 2. The summed E-state index contributed by atoms with van der Waals surface area (Å²) < 4.78 is 4.16. The number of halogens is 6. The van der Waals surface area contributed by atoms with Gasteiger partial charge in [-0.25, -0.2) is 4.79 Å². The zero-order valence-electron chi connectivity index (χ0n) is 38.9. The molecule has 6 heterocycles. The van der Waals surface area contributed by atoms with Crippen LogP contribution in [-0.4, -0.2) is 94.9 Å². The van der Waals surface area contributed by atoms with E-state index in [1.165, 1.54) is 39.1 Å². The Labute approximate surface area is 450 Å². The number of carbonyl (C=O) groups is 3. The zero-order chi connectivity index (χ0) is 48.3. The molecule has 0 radical (unpaired) electrons. The Morgan fingerprint density at radius 1 is 0.551 bits per heavy atom. The fourth-order valence-electron chi connectivity index (χ4n) is 12.2. The molecule has 10 nitrogen and oxygen atoms in total. The van der Waals surface area contributed by atoms with E-state index < -0.39 is 0 Å². The summed E-state index contributed by atoms with van der Waals surface area (Å²) in [4.78, 5) is 53.2. The summed E-state index contributed by atoms with van der Waals surface area (Å²) in [6, 6.07) is 12.3. The smallest absolute Gasteiger partial charge is 0.314 e. The number of carbonyl (C=O) groups excluding carboxylic acids is 3. The van der Waals surface area contributed by atoms with Gasteiger partial charge in [-0.3, -0.25) is 19.6 Å². The van der Waals surface area contributed by atoms with E-state index in [2.05, 4.69) is 98.2 Å². The van der Waals surface area contributed by atoms with Crippen LogP contribution in [0.3, 0.4) is 0 Å². The van der Waals surface area contributed by atoms with Crippen molar-refractivity contribution in [3.8, 4) is 0 Å². The van der Waals surface area contributed by atoms with Crippen LogP contribution in [0.1, 0.15) is 121 Å². The van der Waals surface area contributed by atoms with Crippen molar-refractivity contribution in [1.29, 1.82) is 0 Å². The molecule has 2 aliphatic carbocycles. The minimum absolute atomic E-state index is 0.174. The normalized spacial score (nSPS) is 21.4. The van der Waals surface area contributed by atoms with Gasteiger partial charge in [0, 0.05) is 104 Å². The average Bonchev–Trinajstić information content (AvgIpc) is 3.60. The highest BCUT2D eigenvalue weighted by Gasteiger charge is 2.39. The summed E-state index contributed by atoms with van der Waals surface area (Å²) in [5.74, 6) is 2.70. The molecule has 2 aromatic heterocycles. The minimum atomic E-state index is -0.362. The molecule has 0 unspecified atom stereocenters. The van der Waals surface area contributed by atoms with Crippen molar-refractivity contribution in [2.45, 2.75) is 102 Å². The van der Waals surface area contributed by atoms with Gasteiger partial charge in [-0.1, -0.05) is 55.1 Å². The van der Waals surface area contributed by atoms with Crippen LogP contribution in [0.15, 0.2) is 66.7 Å². The first kappa shape index (κ1) is 51.3. The Balaban J connectivity index is 0.000000172. The van der Waals surface area contributed by atoms with Gasteiger partial charge in [-0.2, -0.15) is 0 Å². The Kier molecular flexibility index (Phi) is 17.2. The highest BCUT2D eigenvalue weighted by Crippen LogP contribution is 2.48. The molecule has 16 heteroatoms. The van der Waals surface area contributed by atoms with E-state index in [4.69, 9.17) is 38.9 Å². The first-order valence-corrected chi connectivity index (χ1v) is 28.8. The van der Waals surface area contributed by atoms with E-state index in [9.17, 15) is 14.4 Å². The van der Waals surface area contributed by atoms with Crippen LogP contribution in [-0.2, 0) is 35.3 Å². The Morgan fingerprint density at radius 3 is 1.36 bits per heavy atom. The molecule has 4 aromatic rings. The number of urea groups is 1. The predicted octanol–water partition coefficient (Wildman–Crippen LogP) is 12.0. The Hall–Kier alpha value is -2.59. The van der Waals surface area contributed by atoms with Gasteiger partial charge in [0.15, 0.2) is 0 Å². The number of nitrogens with zero attached hydrogens (tertiary/aromatic N) is 5. The van der Waals surface area contributed by atoms with Crippen molar-refractivity contribution in [2.75, 3.05) is 52.4 Å². The van der Waals surface area contributed by atoms with E-state index in [1.54, 1.807) is 4.90 Å². The molecule has 4 aliphatic heterocycles. The number of nitrogens with one attached hydrogen (secondary N) is 1. The van der Waals surface area contributed by atoms with E-state index in [1.807, 2.05) is 29.4 Å². The number of amides is 4. The standard InChI is InChI=1S/C27H31Br2ClN4O2.C26H30Br2ClN3O/c28-20-12-19-2-1-18-13-21(30)14-22(29)24(18)25(26(19)32-15-20)17-5-9-33(10-6-17)23(35)11-16-3-7-34(8-4-16)27(31)36;27-20-12-19-2-1-18-13-21(29)14-22(28)24(18)25(26(19)31-15-20)17-5-9-32(10-6-17)23(33)11-16-3-7-30-8-4-16/h12-17,25H,1-11H2,(H2,31,36);12-17,25,30H,1-11H2/t2*25-/m11/s1. The fourth-order valence-corrected chi connectivity index (χ4v) is 15.2. The van der Waals surface area contributed by atoms with Crippen LogP contribution in [0.5, 0.6) is 0 Å². The second-order valence-corrected chi connectivity index (χ2v) is 24.5. The number of rotatable bonds is 6. The van der Waals surface area contributed by atoms with Gasteiger partial charge in [-0.15, -0.1) is 0 Å². The van der Waals surface area contributed by atoms with Crippen molar-refractivity contribution in [3.63, 3.8) is 0 Å². The number of nitrogens with two attached hydrogens (primary N) is 1. The van der Waals surface area contributed by atoms with Crippen LogP contribution in [0.25, 0.3) is 0 Å². The number of primary amides is 1. The largest absolute Gasteiger partial charge is 0.351 e.